The number of halogens is 3. The van der Waals surface area contributed by atoms with E-state index in [0.717, 1.165) is 0 Å². The van der Waals surface area contributed by atoms with E-state index >= 15 is 0 Å². The highest BCUT2D eigenvalue weighted by molar-refractivity contribution is 6.44. The molecule has 0 fully saturated rings. The summed E-state index contributed by atoms with van der Waals surface area (Å²) < 4.78 is 41.1. The Hall–Kier alpha value is -3.69. The minimum Gasteiger partial charge on any atom is -0.490 e. The summed E-state index contributed by atoms with van der Waals surface area (Å²) in [5, 5.41) is 37.3. The van der Waals surface area contributed by atoms with E-state index in [4.69, 9.17) is 72.7 Å². The molecule has 2 aromatic rings. The number of ether oxygens (including phenoxy) is 8. The number of nitriles is 4. The Morgan fingerprint density at radius 1 is 0.488 bits per heavy atom. The van der Waals surface area contributed by atoms with Gasteiger partial charge in [0.05, 0.1) is 31.5 Å². The molecule has 0 amide bonds. The first-order valence-corrected chi connectivity index (χ1v) is 13.4. The van der Waals surface area contributed by atoms with Crippen molar-refractivity contribution in [1.29, 1.82) is 21.0 Å². The molecule has 2 rings (SSSR count). The van der Waals surface area contributed by atoms with Gasteiger partial charge in [-0.2, -0.15) is 21.0 Å². The average molecular weight is 656 g/mol. The van der Waals surface area contributed by atoms with E-state index in [1.165, 1.54) is 34.5 Å². The van der Waals surface area contributed by atoms with Crippen LogP contribution in [0.25, 0.3) is 0 Å². The van der Waals surface area contributed by atoms with E-state index in [2.05, 4.69) is 0 Å². The van der Waals surface area contributed by atoms with Crippen molar-refractivity contribution >= 4 is 34.8 Å². The van der Waals surface area contributed by atoms with Crippen molar-refractivity contribution < 1.29 is 37.9 Å². The van der Waals surface area contributed by atoms with Crippen LogP contribution in [0.5, 0.6) is 23.0 Å². The first kappa shape index (κ1) is 37.3. The maximum Gasteiger partial charge on any atom is 0.158 e. The standard InChI is InChI=1S/C14H14Cl2N2O4.C14H15ClN2O4/c1-19-3-5-21-13-9(7-17)10(8-18)14(12(16)11(13)15)22-6-4-20-2;1-18-3-5-20-13-7-12(15)14(21-6-4-19-2)11(9-17)10(13)8-16/h3-6H2,1-2H3;7H,3-6H2,1-2H3. The van der Waals surface area contributed by atoms with Crippen LogP contribution in [0.2, 0.25) is 15.1 Å². The van der Waals surface area contributed by atoms with Gasteiger partial charge in [-0.1, -0.05) is 34.8 Å². The van der Waals surface area contributed by atoms with Gasteiger partial charge in [-0.25, -0.2) is 0 Å². The van der Waals surface area contributed by atoms with Crippen LogP contribution < -0.4 is 18.9 Å². The molecular weight excluding hydrogens is 627 g/mol. The molecule has 2 aromatic carbocycles. The fourth-order valence-corrected chi connectivity index (χ4v) is 3.85. The predicted molar refractivity (Wildman–Crippen MR) is 156 cm³/mol. The van der Waals surface area contributed by atoms with Crippen molar-refractivity contribution in [1.82, 2.24) is 0 Å². The summed E-state index contributed by atoms with van der Waals surface area (Å²) >= 11 is 18.4. The molecule has 0 aromatic heterocycles. The summed E-state index contributed by atoms with van der Waals surface area (Å²) in [4.78, 5) is 0. The molecule has 15 heteroatoms. The molecule has 230 valence electrons. The molecule has 0 spiro atoms. The van der Waals surface area contributed by atoms with Crippen molar-refractivity contribution in [2.75, 3.05) is 81.3 Å². The third-order valence-corrected chi connectivity index (χ3v) is 6.19. The number of nitrogens with zero attached hydrogens (tertiary/aromatic N) is 4. The quantitative estimate of drug-likeness (QED) is 0.224. The zero-order valence-electron chi connectivity index (χ0n) is 23.9. The van der Waals surface area contributed by atoms with Gasteiger partial charge in [0.25, 0.3) is 0 Å². The highest BCUT2D eigenvalue weighted by Crippen LogP contribution is 2.44. The molecule has 0 heterocycles. The topological polar surface area (TPSA) is 169 Å². The van der Waals surface area contributed by atoms with Gasteiger partial charge in [0.2, 0.25) is 0 Å². The van der Waals surface area contributed by atoms with Crippen LogP contribution in [-0.2, 0) is 18.9 Å². The van der Waals surface area contributed by atoms with Gasteiger partial charge >= 0.3 is 0 Å². The molecule has 0 N–H and O–H groups in total. The zero-order chi connectivity index (χ0) is 32.2. The number of hydrogen-bond donors (Lipinski definition) is 0. The second-order valence-electron chi connectivity index (χ2n) is 7.78. The number of hydrogen-bond acceptors (Lipinski definition) is 12. The lowest BCUT2D eigenvalue weighted by Gasteiger charge is -2.16. The Kier molecular flexibility index (Phi) is 18.3. The Labute approximate surface area is 265 Å². The average Bonchev–Trinajstić information content (AvgIpc) is 3.01. The summed E-state index contributed by atoms with van der Waals surface area (Å²) in [6.07, 6.45) is 0. The minimum absolute atomic E-state index is 0.0146. The van der Waals surface area contributed by atoms with Gasteiger partial charge in [-0.15, -0.1) is 0 Å². The second kappa shape index (κ2) is 21.1. The zero-order valence-corrected chi connectivity index (χ0v) is 26.2. The first-order valence-electron chi connectivity index (χ1n) is 12.3. The Balaban J connectivity index is 0.000000430. The lowest BCUT2D eigenvalue weighted by molar-refractivity contribution is 0.144. The summed E-state index contributed by atoms with van der Waals surface area (Å²) in [5.41, 5.74) is 0.0831. The van der Waals surface area contributed by atoms with Crippen LogP contribution in [-0.4, -0.2) is 81.3 Å². The van der Waals surface area contributed by atoms with Gasteiger partial charge in [0.1, 0.15) is 88.8 Å². The summed E-state index contributed by atoms with van der Waals surface area (Å²) in [7, 11) is 6.09. The molecule has 0 radical (unpaired) electrons. The molecule has 0 atom stereocenters. The van der Waals surface area contributed by atoms with Crippen LogP contribution >= 0.6 is 34.8 Å². The normalized spacial score (nSPS) is 9.84. The second-order valence-corrected chi connectivity index (χ2v) is 8.95. The van der Waals surface area contributed by atoms with E-state index in [0.29, 0.717) is 26.4 Å². The molecule has 0 saturated heterocycles. The van der Waals surface area contributed by atoms with Gasteiger partial charge in [0.15, 0.2) is 17.2 Å². The van der Waals surface area contributed by atoms with Gasteiger partial charge in [-0.3, -0.25) is 0 Å². The van der Waals surface area contributed by atoms with Crippen molar-refractivity contribution in [2.24, 2.45) is 0 Å². The van der Waals surface area contributed by atoms with Gasteiger partial charge in [0, 0.05) is 34.5 Å². The van der Waals surface area contributed by atoms with Gasteiger partial charge < -0.3 is 37.9 Å². The van der Waals surface area contributed by atoms with Crippen LogP contribution in [0.3, 0.4) is 0 Å². The lowest BCUT2D eigenvalue weighted by Crippen LogP contribution is -2.10. The third-order valence-electron chi connectivity index (χ3n) is 5.09. The van der Waals surface area contributed by atoms with Gasteiger partial charge in [-0.05, 0) is 0 Å². The molecule has 12 nitrogen and oxygen atoms in total. The highest BCUT2D eigenvalue weighted by Gasteiger charge is 2.25. The predicted octanol–water partition coefficient (Wildman–Crippen LogP) is 4.92. The number of rotatable bonds is 16. The van der Waals surface area contributed by atoms with E-state index in [-0.39, 0.29) is 86.7 Å². The molecule has 0 aliphatic carbocycles. The smallest absolute Gasteiger partial charge is 0.158 e. The van der Waals surface area contributed by atoms with E-state index in [1.54, 1.807) is 0 Å². The lowest BCUT2D eigenvalue weighted by atomic mass is 10.1. The third kappa shape index (κ3) is 10.8. The van der Waals surface area contributed by atoms with Crippen LogP contribution in [0.4, 0.5) is 0 Å². The maximum atomic E-state index is 9.30. The van der Waals surface area contributed by atoms with Crippen LogP contribution in [0.15, 0.2) is 6.07 Å². The van der Waals surface area contributed by atoms with Crippen molar-refractivity contribution in [2.45, 2.75) is 0 Å². The number of methoxy groups -OCH3 is 4. The first-order chi connectivity index (χ1) is 20.8. The maximum absolute atomic E-state index is 9.30. The Bertz CT molecular complexity index is 1330. The van der Waals surface area contributed by atoms with Crippen LogP contribution in [0, 0.1) is 45.3 Å². The molecule has 43 heavy (non-hydrogen) atoms. The van der Waals surface area contributed by atoms with E-state index < -0.39 is 0 Å². The molecule has 0 aliphatic rings. The van der Waals surface area contributed by atoms with Crippen molar-refractivity contribution in [3.05, 3.63) is 43.4 Å². The fraction of sp³-hybridized carbons (Fsp3) is 0.429. The number of benzene rings is 2. The van der Waals surface area contributed by atoms with Crippen molar-refractivity contribution in [3.63, 3.8) is 0 Å². The SMILES string of the molecule is COCCOc1c(Cl)c(Cl)c(OCCOC)c(C#N)c1C#N.COCCOc1cc(Cl)c(OCCOC)c(C#N)c1C#N. The summed E-state index contributed by atoms with van der Waals surface area (Å²) in [6.45, 7) is 2.09. The largest absolute Gasteiger partial charge is 0.490 e. The van der Waals surface area contributed by atoms with Crippen LogP contribution in [0.1, 0.15) is 22.3 Å². The molecule has 0 aliphatic heterocycles. The van der Waals surface area contributed by atoms with E-state index in [1.807, 2.05) is 24.3 Å². The summed E-state index contributed by atoms with van der Waals surface area (Å²) in [6, 6.07) is 9.13. The Morgan fingerprint density at radius 2 is 0.814 bits per heavy atom. The monoisotopic (exact) mass is 654 g/mol. The molecule has 0 saturated carbocycles. The Morgan fingerprint density at radius 3 is 1.16 bits per heavy atom. The summed E-state index contributed by atoms with van der Waals surface area (Å²) in [5.74, 6) is 0.478. The molecule has 0 bridgehead atoms. The van der Waals surface area contributed by atoms with Crippen molar-refractivity contribution in [3.8, 4) is 47.3 Å². The molecular formula is C28H29Cl3N4O8. The van der Waals surface area contributed by atoms with E-state index in [9.17, 15) is 21.0 Å². The molecule has 0 unspecified atom stereocenters. The minimum atomic E-state index is -0.0274. The highest BCUT2D eigenvalue weighted by atomic mass is 35.5. The fourth-order valence-electron chi connectivity index (χ4n) is 3.13.